The maximum Gasteiger partial charge on any atom is 0.243 e. The number of hydrogen-bond donors (Lipinski definition) is 0. The van der Waals surface area contributed by atoms with Gasteiger partial charge in [0.25, 0.3) is 0 Å². The molecule has 0 bridgehead atoms. The van der Waals surface area contributed by atoms with Gasteiger partial charge >= 0.3 is 0 Å². The molecule has 1 aromatic heterocycles. The molecule has 0 aliphatic carbocycles. The van der Waals surface area contributed by atoms with Gasteiger partial charge in [-0.2, -0.15) is 4.31 Å². The highest BCUT2D eigenvalue weighted by Crippen LogP contribution is 2.39. The molecule has 2 aromatic rings. The molecule has 144 valence electrons. The predicted molar refractivity (Wildman–Crippen MR) is 107 cm³/mol. The fourth-order valence-corrected chi connectivity index (χ4v) is 5.89. The molecule has 0 unspecified atom stereocenters. The number of aromatic nitrogens is 1. The van der Waals surface area contributed by atoms with Crippen LogP contribution in [-0.2, 0) is 10.0 Å². The normalized spacial score (nSPS) is 21.5. The highest BCUT2D eigenvalue weighted by atomic mass is 32.2. The van der Waals surface area contributed by atoms with E-state index in [0.29, 0.717) is 11.4 Å². The van der Waals surface area contributed by atoms with Crippen LogP contribution in [-0.4, -0.2) is 37.3 Å². The molecule has 2 aliphatic heterocycles. The Labute approximate surface area is 162 Å². The van der Waals surface area contributed by atoms with Crippen molar-refractivity contribution in [1.82, 2.24) is 9.29 Å². The number of sulfonamides is 1. The minimum absolute atomic E-state index is 0.144. The van der Waals surface area contributed by atoms with Crippen molar-refractivity contribution in [2.45, 2.75) is 50.0 Å². The number of aryl methyl sites for hydroxylation is 1. The Morgan fingerprint density at radius 2 is 1.67 bits per heavy atom. The first kappa shape index (κ1) is 18.4. The van der Waals surface area contributed by atoms with Crippen molar-refractivity contribution >= 4 is 15.8 Å². The SMILES string of the molecule is Cc1ccc(S(=O)(=O)N2CCCC[C@@H]2c2cccnc2N2CCCC2)cc1. The Morgan fingerprint density at radius 3 is 2.41 bits per heavy atom. The molecule has 0 saturated carbocycles. The Kier molecular flexibility index (Phi) is 5.19. The van der Waals surface area contributed by atoms with Gasteiger partial charge in [-0.25, -0.2) is 13.4 Å². The fourth-order valence-electron chi connectivity index (χ4n) is 4.21. The molecule has 2 fully saturated rings. The van der Waals surface area contributed by atoms with Gasteiger partial charge in [0.15, 0.2) is 0 Å². The third-order valence-corrected chi connectivity index (χ3v) is 7.59. The summed E-state index contributed by atoms with van der Waals surface area (Å²) < 4.78 is 28.5. The summed E-state index contributed by atoms with van der Waals surface area (Å²) >= 11 is 0. The summed E-state index contributed by atoms with van der Waals surface area (Å²) in [5, 5.41) is 0. The number of piperidine rings is 1. The van der Waals surface area contributed by atoms with Crippen LogP contribution in [0.5, 0.6) is 0 Å². The number of rotatable bonds is 4. The zero-order valence-electron chi connectivity index (χ0n) is 15.8. The molecule has 3 heterocycles. The molecule has 1 aromatic carbocycles. The van der Waals surface area contributed by atoms with Gasteiger partial charge in [0.2, 0.25) is 10.0 Å². The van der Waals surface area contributed by atoms with E-state index >= 15 is 0 Å². The van der Waals surface area contributed by atoms with Crippen molar-refractivity contribution in [2.24, 2.45) is 0 Å². The van der Waals surface area contributed by atoms with Crippen molar-refractivity contribution in [3.05, 3.63) is 53.7 Å². The van der Waals surface area contributed by atoms with E-state index in [9.17, 15) is 8.42 Å². The highest BCUT2D eigenvalue weighted by Gasteiger charge is 2.36. The van der Waals surface area contributed by atoms with E-state index in [4.69, 9.17) is 0 Å². The lowest BCUT2D eigenvalue weighted by Crippen LogP contribution is -2.39. The standard InChI is InChI=1S/C21H27N3O2S/c1-17-9-11-18(12-10-17)27(25,26)24-16-3-2-8-20(24)19-7-6-13-22-21(19)23-14-4-5-15-23/h6-7,9-13,20H,2-5,8,14-16H2,1H3/t20-/m1/s1. The van der Waals surface area contributed by atoms with Crippen molar-refractivity contribution in [3.63, 3.8) is 0 Å². The van der Waals surface area contributed by atoms with Crippen molar-refractivity contribution < 1.29 is 8.42 Å². The molecular weight excluding hydrogens is 358 g/mol. The monoisotopic (exact) mass is 385 g/mol. The molecular formula is C21H27N3O2S. The van der Waals surface area contributed by atoms with Gasteiger partial charge in [-0.15, -0.1) is 0 Å². The van der Waals surface area contributed by atoms with Gasteiger partial charge < -0.3 is 4.90 Å². The van der Waals surface area contributed by atoms with Gasteiger partial charge in [-0.3, -0.25) is 0 Å². The topological polar surface area (TPSA) is 53.5 Å². The molecule has 0 radical (unpaired) electrons. The van der Waals surface area contributed by atoms with E-state index < -0.39 is 10.0 Å². The lowest BCUT2D eigenvalue weighted by atomic mass is 9.97. The predicted octanol–water partition coefficient (Wildman–Crippen LogP) is 3.91. The summed E-state index contributed by atoms with van der Waals surface area (Å²) in [6.45, 7) is 4.54. The van der Waals surface area contributed by atoms with Crippen LogP contribution in [0.2, 0.25) is 0 Å². The Morgan fingerprint density at radius 1 is 0.963 bits per heavy atom. The summed E-state index contributed by atoms with van der Waals surface area (Å²) in [7, 11) is -3.53. The maximum absolute atomic E-state index is 13.4. The molecule has 0 spiro atoms. The largest absolute Gasteiger partial charge is 0.356 e. The van der Waals surface area contributed by atoms with Crippen LogP contribution in [0.3, 0.4) is 0 Å². The van der Waals surface area contributed by atoms with Gasteiger partial charge in [0, 0.05) is 31.4 Å². The first-order valence-corrected chi connectivity index (χ1v) is 11.3. The molecule has 0 amide bonds. The number of nitrogens with zero attached hydrogens (tertiary/aromatic N) is 3. The van der Waals surface area contributed by atoms with Gasteiger partial charge in [-0.05, 0) is 50.8 Å². The zero-order chi connectivity index (χ0) is 18.9. The summed E-state index contributed by atoms with van der Waals surface area (Å²) in [6, 6.07) is 11.0. The van der Waals surface area contributed by atoms with Gasteiger partial charge in [-0.1, -0.05) is 30.2 Å². The number of hydrogen-bond acceptors (Lipinski definition) is 4. The zero-order valence-corrected chi connectivity index (χ0v) is 16.7. The molecule has 2 saturated heterocycles. The fraction of sp³-hybridized carbons (Fsp3) is 0.476. The Hall–Kier alpha value is -1.92. The van der Waals surface area contributed by atoms with Gasteiger partial charge in [0.05, 0.1) is 10.9 Å². The summed E-state index contributed by atoms with van der Waals surface area (Å²) in [5.74, 6) is 0.964. The lowest BCUT2D eigenvalue weighted by molar-refractivity contribution is 0.256. The lowest BCUT2D eigenvalue weighted by Gasteiger charge is -2.36. The minimum Gasteiger partial charge on any atom is -0.356 e. The average Bonchev–Trinajstić information content (AvgIpc) is 3.23. The Balaban J connectivity index is 1.72. The van der Waals surface area contributed by atoms with E-state index in [2.05, 4.69) is 16.0 Å². The first-order chi connectivity index (χ1) is 13.1. The van der Waals surface area contributed by atoms with Crippen molar-refractivity contribution in [2.75, 3.05) is 24.5 Å². The van der Waals surface area contributed by atoms with E-state index in [-0.39, 0.29) is 6.04 Å². The second-order valence-electron chi connectivity index (χ2n) is 7.55. The van der Waals surface area contributed by atoms with Crippen LogP contribution in [0.1, 0.15) is 49.3 Å². The van der Waals surface area contributed by atoms with Crippen LogP contribution in [0.25, 0.3) is 0 Å². The van der Waals surface area contributed by atoms with E-state index in [1.165, 1.54) is 12.8 Å². The molecule has 4 rings (SSSR count). The van der Waals surface area contributed by atoms with E-state index in [1.807, 2.05) is 31.3 Å². The third-order valence-electron chi connectivity index (χ3n) is 5.66. The second-order valence-corrected chi connectivity index (χ2v) is 9.44. The smallest absolute Gasteiger partial charge is 0.243 e. The van der Waals surface area contributed by atoms with Crippen LogP contribution in [0.15, 0.2) is 47.5 Å². The van der Waals surface area contributed by atoms with E-state index in [1.54, 1.807) is 16.4 Å². The van der Waals surface area contributed by atoms with Crippen molar-refractivity contribution in [1.29, 1.82) is 0 Å². The molecule has 5 nitrogen and oxygen atoms in total. The van der Waals surface area contributed by atoms with Crippen LogP contribution in [0.4, 0.5) is 5.82 Å². The maximum atomic E-state index is 13.4. The second kappa shape index (κ2) is 7.60. The molecule has 6 heteroatoms. The minimum atomic E-state index is -3.53. The van der Waals surface area contributed by atoms with Crippen LogP contribution < -0.4 is 4.90 Å². The highest BCUT2D eigenvalue weighted by molar-refractivity contribution is 7.89. The third kappa shape index (κ3) is 3.60. The summed E-state index contributed by atoms with van der Waals surface area (Å²) in [5.41, 5.74) is 2.11. The quantitative estimate of drug-likeness (QED) is 0.801. The molecule has 2 aliphatic rings. The summed E-state index contributed by atoms with van der Waals surface area (Å²) in [4.78, 5) is 7.33. The average molecular weight is 386 g/mol. The first-order valence-electron chi connectivity index (χ1n) is 9.86. The molecule has 1 atom stereocenters. The van der Waals surface area contributed by atoms with Crippen LogP contribution in [0, 0.1) is 6.92 Å². The van der Waals surface area contributed by atoms with Crippen molar-refractivity contribution in [3.8, 4) is 0 Å². The van der Waals surface area contributed by atoms with Crippen LogP contribution >= 0.6 is 0 Å². The Bertz CT molecular complexity index is 890. The summed E-state index contributed by atoms with van der Waals surface area (Å²) in [6.07, 6.45) is 6.95. The number of anilines is 1. The molecule has 0 N–H and O–H groups in total. The molecule has 27 heavy (non-hydrogen) atoms. The number of pyridine rings is 1. The van der Waals surface area contributed by atoms with Gasteiger partial charge in [0.1, 0.15) is 5.82 Å². The number of benzene rings is 1. The van der Waals surface area contributed by atoms with E-state index in [0.717, 1.165) is 49.3 Å².